The van der Waals surface area contributed by atoms with Crippen LogP contribution in [-0.2, 0) is 34.7 Å². The molecule has 0 aliphatic rings. The molecule has 3 aromatic rings. The Morgan fingerprint density at radius 3 is 1.73 bits per heavy atom. The molecule has 262 valence electrons. The first-order chi connectivity index (χ1) is 22.9. The van der Waals surface area contributed by atoms with Crippen LogP contribution in [-0.4, -0.2) is 71.4 Å². The van der Waals surface area contributed by atoms with Crippen LogP contribution in [0.2, 0.25) is 0 Å². The molecule has 48 heavy (non-hydrogen) atoms. The van der Waals surface area contributed by atoms with Crippen molar-refractivity contribution >= 4 is 23.3 Å². The van der Waals surface area contributed by atoms with E-state index in [-0.39, 0.29) is 76.4 Å². The van der Waals surface area contributed by atoms with Crippen molar-refractivity contribution < 1.29 is 73.1 Å². The molecule has 0 atom stereocenters. The van der Waals surface area contributed by atoms with Crippen molar-refractivity contribution in [3.05, 3.63) is 88.7 Å². The number of para-hydroxylation sites is 1. The third-order valence-corrected chi connectivity index (χ3v) is 6.03. The summed E-state index contributed by atoms with van der Waals surface area (Å²) in [7, 11) is 0. The van der Waals surface area contributed by atoms with Gasteiger partial charge in [0, 0.05) is 5.69 Å². The number of halogens is 8. The zero-order chi connectivity index (χ0) is 35.1. The zero-order valence-corrected chi connectivity index (χ0v) is 25.0. The van der Waals surface area contributed by atoms with Crippen molar-refractivity contribution in [2.24, 2.45) is 0 Å². The molecule has 0 spiro atoms. The Morgan fingerprint density at radius 2 is 1.15 bits per heavy atom. The van der Waals surface area contributed by atoms with Gasteiger partial charge in [-0.25, -0.2) is 18.0 Å². The highest BCUT2D eigenvalue weighted by Gasteiger charge is 2.31. The number of ether oxygens (including phenoxy) is 6. The average Bonchev–Trinajstić information content (AvgIpc) is 3.06. The number of hydrogen-bond donors (Lipinski definition) is 1. The molecule has 0 radical (unpaired) electrons. The highest BCUT2D eigenvalue weighted by atomic mass is 19.4. The summed E-state index contributed by atoms with van der Waals surface area (Å²) >= 11 is 0. The van der Waals surface area contributed by atoms with Crippen LogP contribution in [0.1, 0.15) is 22.3 Å². The molecule has 0 fully saturated rings. The van der Waals surface area contributed by atoms with Gasteiger partial charge in [0.15, 0.2) is 0 Å². The summed E-state index contributed by atoms with van der Waals surface area (Å²) in [5, 5.41) is 2.80. The highest BCUT2D eigenvalue weighted by molar-refractivity contribution is 5.96. The Bertz CT molecular complexity index is 1490. The minimum absolute atomic E-state index is 0.0173. The summed E-state index contributed by atoms with van der Waals surface area (Å²) in [4.78, 5) is 24.2. The minimum Gasteiger partial charge on any atom is -0.460 e. The van der Waals surface area contributed by atoms with E-state index < -0.39 is 64.9 Å². The van der Waals surface area contributed by atoms with E-state index in [4.69, 9.17) is 23.7 Å². The minimum atomic E-state index is -4.52. The Morgan fingerprint density at radius 1 is 0.625 bits per heavy atom. The van der Waals surface area contributed by atoms with Crippen LogP contribution < -0.4 is 10.1 Å². The highest BCUT2D eigenvalue weighted by Crippen LogP contribution is 2.32. The van der Waals surface area contributed by atoms with Crippen LogP contribution in [0.25, 0.3) is 0 Å². The van der Waals surface area contributed by atoms with E-state index in [1.165, 1.54) is 24.3 Å². The smallest absolute Gasteiger partial charge is 0.416 e. The molecular weight excluding hydrogens is 666 g/mol. The van der Waals surface area contributed by atoms with Crippen molar-refractivity contribution in [3.8, 4) is 5.75 Å². The van der Waals surface area contributed by atoms with Gasteiger partial charge >= 0.3 is 18.1 Å². The lowest BCUT2D eigenvalue weighted by Crippen LogP contribution is -2.17. The maximum Gasteiger partial charge on any atom is 0.416 e. The Kier molecular flexibility index (Phi) is 15.0. The lowest BCUT2D eigenvalue weighted by Gasteiger charge is -2.13. The van der Waals surface area contributed by atoms with E-state index in [1.807, 2.05) is 0 Å². The maximum atomic E-state index is 13.5. The summed E-state index contributed by atoms with van der Waals surface area (Å²) in [5.74, 6) is -15.1. The second-order valence-electron chi connectivity index (χ2n) is 9.46. The first-order valence-electron chi connectivity index (χ1n) is 14.1. The van der Waals surface area contributed by atoms with E-state index >= 15 is 0 Å². The topological polar surface area (TPSA) is 102 Å². The number of hydrogen-bond acceptors (Lipinski definition) is 9. The van der Waals surface area contributed by atoms with Gasteiger partial charge in [0.05, 0.1) is 76.1 Å². The molecule has 0 amide bonds. The number of esters is 2. The van der Waals surface area contributed by atoms with Crippen molar-refractivity contribution in [1.82, 2.24) is 0 Å². The molecule has 0 unspecified atom stereocenters. The van der Waals surface area contributed by atoms with Gasteiger partial charge in [-0.05, 0) is 30.3 Å². The fourth-order valence-corrected chi connectivity index (χ4v) is 3.73. The standard InChI is InChI=1S/C31H29F8NO8/c32-24-25(33)27(35)29(28(36)26(24)34)48-23(41)8-9-43-10-11-44-12-13-45-14-15-46-16-17-47-30(42)21-6-1-2-7-22(21)40-20-5-3-4-19(18-20)31(37,38)39/h1-7,18,40H,8-17H2. The number of carbonyl (C=O) groups is 2. The summed E-state index contributed by atoms with van der Waals surface area (Å²) in [6.07, 6.45) is -5.05. The molecule has 0 bridgehead atoms. The second-order valence-corrected chi connectivity index (χ2v) is 9.46. The Labute approximate surface area is 268 Å². The monoisotopic (exact) mass is 695 g/mol. The van der Waals surface area contributed by atoms with Gasteiger partial charge in [-0.2, -0.15) is 22.0 Å². The average molecular weight is 696 g/mol. The van der Waals surface area contributed by atoms with E-state index in [0.29, 0.717) is 0 Å². The van der Waals surface area contributed by atoms with Crippen LogP contribution in [0, 0.1) is 29.1 Å². The number of nitrogens with one attached hydrogen (secondary N) is 1. The number of rotatable bonds is 19. The molecule has 3 rings (SSSR count). The van der Waals surface area contributed by atoms with Gasteiger partial charge in [0.1, 0.15) is 6.61 Å². The van der Waals surface area contributed by atoms with Crippen LogP contribution in [0.15, 0.2) is 48.5 Å². The predicted molar refractivity (Wildman–Crippen MR) is 151 cm³/mol. The second kappa shape index (κ2) is 18.9. The van der Waals surface area contributed by atoms with Crippen LogP contribution in [0.4, 0.5) is 46.5 Å². The fourth-order valence-electron chi connectivity index (χ4n) is 3.73. The molecule has 0 aliphatic carbocycles. The van der Waals surface area contributed by atoms with Crippen LogP contribution >= 0.6 is 0 Å². The normalized spacial score (nSPS) is 11.4. The van der Waals surface area contributed by atoms with E-state index in [2.05, 4.69) is 10.1 Å². The van der Waals surface area contributed by atoms with E-state index in [9.17, 15) is 44.7 Å². The summed E-state index contributed by atoms with van der Waals surface area (Å²) in [6.45, 7) is 0.553. The fraction of sp³-hybridized carbons (Fsp3) is 0.355. The summed E-state index contributed by atoms with van der Waals surface area (Å²) in [5.41, 5.74) is -0.304. The quantitative estimate of drug-likeness (QED) is 0.0383. The number of anilines is 2. The van der Waals surface area contributed by atoms with Gasteiger partial charge in [0.25, 0.3) is 0 Å². The van der Waals surface area contributed by atoms with Gasteiger partial charge in [-0.15, -0.1) is 0 Å². The summed E-state index contributed by atoms with van der Waals surface area (Å²) < 4.78 is 136. The molecule has 0 saturated carbocycles. The van der Waals surface area contributed by atoms with Gasteiger partial charge in [-0.3, -0.25) is 4.79 Å². The third kappa shape index (κ3) is 11.7. The third-order valence-electron chi connectivity index (χ3n) is 6.03. The lowest BCUT2D eigenvalue weighted by atomic mass is 10.1. The van der Waals surface area contributed by atoms with Crippen molar-refractivity contribution in [2.45, 2.75) is 12.6 Å². The SMILES string of the molecule is O=C(CCOCCOCCOCCOCCOC(=O)c1ccccc1Nc1cccc(C(F)(F)F)c1)Oc1c(F)c(F)c(F)c(F)c1F. The van der Waals surface area contributed by atoms with Crippen LogP contribution in [0.3, 0.4) is 0 Å². The van der Waals surface area contributed by atoms with Gasteiger partial charge in [-0.1, -0.05) is 18.2 Å². The number of benzene rings is 3. The van der Waals surface area contributed by atoms with Gasteiger partial charge < -0.3 is 33.7 Å². The number of carbonyl (C=O) groups excluding carboxylic acids is 2. The molecule has 0 saturated heterocycles. The maximum absolute atomic E-state index is 13.5. The largest absolute Gasteiger partial charge is 0.460 e. The molecule has 0 heterocycles. The van der Waals surface area contributed by atoms with E-state index in [1.54, 1.807) is 12.1 Å². The molecular formula is C31H29F8NO8. The first-order valence-corrected chi connectivity index (χ1v) is 14.1. The van der Waals surface area contributed by atoms with E-state index in [0.717, 1.165) is 12.1 Å². The number of alkyl halides is 3. The molecule has 0 aliphatic heterocycles. The van der Waals surface area contributed by atoms with Crippen molar-refractivity contribution in [2.75, 3.05) is 64.8 Å². The van der Waals surface area contributed by atoms with Crippen molar-refractivity contribution in [1.29, 1.82) is 0 Å². The summed E-state index contributed by atoms with van der Waals surface area (Å²) in [6, 6.07) is 10.7. The molecule has 17 heteroatoms. The first kappa shape index (κ1) is 38.1. The van der Waals surface area contributed by atoms with Crippen LogP contribution in [0.5, 0.6) is 5.75 Å². The molecule has 0 aromatic heterocycles. The molecule has 9 nitrogen and oxygen atoms in total. The zero-order valence-electron chi connectivity index (χ0n) is 25.0. The Balaban J connectivity index is 1.19. The Hall–Kier alpha value is -4.32. The molecule has 1 N–H and O–H groups in total. The lowest BCUT2D eigenvalue weighted by molar-refractivity contribution is -0.138. The van der Waals surface area contributed by atoms with Gasteiger partial charge in [0.2, 0.25) is 34.8 Å². The predicted octanol–water partition coefficient (Wildman–Crippen LogP) is 6.36. The van der Waals surface area contributed by atoms with Crippen molar-refractivity contribution in [3.63, 3.8) is 0 Å². The molecule has 3 aromatic carbocycles.